The molecule has 0 saturated carbocycles. The molecule has 2 nitrogen and oxygen atoms in total. The van der Waals surface area contributed by atoms with E-state index in [1.165, 1.54) is 12.1 Å². The van der Waals surface area contributed by atoms with Gasteiger partial charge in [-0.1, -0.05) is 15.9 Å². The van der Waals surface area contributed by atoms with E-state index < -0.39 is 0 Å². The Kier molecular flexibility index (Phi) is 4.25. The van der Waals surface area contributed by atoms with Crippen LogP contribution in [0.3, 0.4) is 0 Å². The monoisotopic (exact) mass is 315 g/mol. The molecule has 0 aliphatic rings. The minimum atomic E-state index is -0.232. The number of ether oxygens (including phenoxy) is 1. The molecular weight excluding hydrogens is 305 g/mol. The highest BCUT2D eigenvalue weighted by Gasteiger charge is 2.09. The highest BCUT2D eigenvalue weighted by atomic mass is 79.9. The lowest BCUT2D eigenvalue weighted by molar-refractivity contribution is 0.174. The van der Waals surface area contributed by atoms with Crippen LogP contribution in [0.2, 0.25) is 0 Å². The zero-order chi connectivity index (χ0) is 12.3. The molecule has 0 bridgehead atoms. The zero-order valence-corrected chi connectivity index (χ0v) is 11.6. The summed E-state index contributed by atoms with van der Waals surface area (Å²) < 4.78 is 18.1. The molecule has 0 fully saturated rings. The number of benzene rings is 1. The van der Waals surface area contributed by atoms with Gasteiger partial charge >= 0.3 is 0 Å². The minimum absolute atomic E-state index is 0.232. The first-order chi connectivity index (χ1) is 8.20. The average Bonchev–Trinajstić information content (AvgIpc) is 2.69. The molecule has 0 radical (unpaired) electrons. The van der Waals surface area contributed by atoms with E-state index >= 15 is 0 Å². The van der Waals surface area contributed by atoms with Crippen molar-refractivity contribution in [2.75, 3.05) is 5.52 Å². The Morgan fingerprint density at radius 2 is 2.06 bits per heavy atom. The lowest BCUT2D eigenvalue weighted by Gasteiger charge is -1.96. The van der Waals surface area contributed by atoms with E-state index in [4.69, 9.17) is 4.74 Å². The third-order valence-corrected chi connectivity index (χ3v) is 3.80. The van der Waals surface area contributed by atoms with Gasteiger partial charge in [-0.2, -0.15) is 0 Å². The first-order valence-electron chi connectivity index (χ1n) is 5.06. The summed E-state index contributed by atoms with van der Waals surface area (Å²) in [5, 5.41) is 0.899. The van der Waals surface area contributed by atoms with E-state index in [0.717, 1.165) is 21.1 Å². The Morgan fingerprint density at radius 1 is 1.35 bits per heavy atom. The standard InChI is InChI=1S/C12H11BrFNOS/c1-8-11(6-16-7-13)17-12(15-8)9-2-4-10(14)5-3-9/h2-5H,6-7H2,1H3. The van der Waals surface area contributed by atoms with Crippen LogP contribution in [0.15, 0.2) is 24.3 Å². The van der Waals surface area contributed by atoms with E-state index in [-0.39, 0.29) is 5.82 Å². The van der Waals surface area contributed by atoms with Crippen molar-refractivity contribution in [3.8, 4) is 10.6 Å². The summed E-state index contributed by atoms with van der Waals surface area (Å²) >= 11 is 4.79. The Balaban J connectivity index is 2.24. The summed E-state index contributed by atoms with van der Waals surface area (Å²) in [5.41, 5.74) is 2.41. The number of alkyl halides is 1. The Morgan fingerprint density at radius 3 is 2.71 bits per heavy atom. The van der Waals surface area contributed by atoms with Crippen molar-refractivity contribution in [2.24, 2.45) is 0 Å². The molecule has 1 heterocycles. The maximum atomic E-state index is 12.8. The third-order valence-electron chi connectivity index (χ3n) is 2.29. The molecule has 1 aromatic carbocycles. The van der Waals surface area contributed by atoms with Gasteiger partial charge in [0.2, 0.25) is 0 Å². The van der Waals surface area contributed by atoms with Gasteiger partial charge in [0.05, 0.1) is 17.2 Å². The van der Waals surface area contributed by atoms with Crippen molar-refractivity contribution in [3.05, 3.63) is 40.7 Å². The van der Waals surface area contributed by atoms with Crippen LogP contribution in [0.4, 0.5) is 4.39 Å². The van der Waals surface area contributed by atoms with Crippen molar-refractivity contribution < 1.29 is 9.13 Å². The fourth-order valence-electron chi connectivity index (χ4n) is 1.41. The van der Waals surface area contributed by atoms with Crippen molar-refractivity contribution in [3.63, 3.8) is 0 Å². The summed E-state index contributed by atoms with van der Waals surface area (Å²) in [4.78, 5) is 5.56. The summed E-state index contributed by atoms with van der Waals surface area (Å²) in [5.74, 6) is -0.232. The lowest BCUT2D eigenvalue weighted by atomic mass is 10.2. The van der Waals surface area contributed by atoms with Gasteiger partial charge in [-0.3, -0.25) is 0 Å². The molecule has 0 atom stereocenters. The van der Waals surface area contributed by atoms with Gasteiger partial charge < -0.3 is 4.74 Å². The van der Waals surface area contributed by atoms with Crippen LogP contribution in [-0.4, -0.2) is 10.5 Å². The highest BCUT2D eigenvalue weighted by molar-refractivity contribution is 9.09. The molecular formula is C12H11BrFNOS. The maximum absolute atomic E-state index is 12.8. The topological polar surface area (TPSA) is 22.1 Å². The van der Waals surface area contributed by atoms with E-state index in [1.54, 1.807) is 23.5 Å². The van der Waals surface area contributed by atoms with Crippen LogP contribution in [0.1, 0.15) is 10.6 Å². The van der Waals surface area contributed by atoms with Gasteiger partial charge in [0.15, 0.2) is 0 Å². The van der Waals surface area contributed by atoms with Gasteiger partial charge in [-0.05, 0) is 31.2 Å². The van der Waals surface area contributed by atoms with Crippen molar-refractivity contribution in [1.29, 1.82) is 0 Å². The smallest absolute Gasteiger partial charge is 0.123 e. The molecule has 2 rings (SSSR count). The average molecular weight is 316 g/mol. The van der Waals surface area contributed by atoms with Crippen LogP contribution in [0.5, 0.6) is 0 Å². The first-order valence-corrected chi connectivity index (χ1v) is 7.00. The Bertz CT molecular complexity index is 498. The van der Waals surface area contributed by atoms with Gasteiger partial charge in [0.1, 0.15) is 16.3 Å². The number of hydrogen-bond acceptors (Lipinski definition) is 3. The van der Waals surface area contributed by atoms with E-state index in [0.29, 0.717) is 12.1 Å². The highest BCUT2D eigenvalue weighted by Crippen LogP contribution is 2.28. The molecule has 90 valence electrons. The number of aromatic nitrogens is 1. The second kappa shape index (κ2) is 5.71. The van der Waals surface area contributed by atoms with Crippen molar-refractivity contribution in [2.45, 2.75) is 13.5 Å². The van der Waals surface area contributed by atoms with Gasteiger partial charge in [-0.15, -0.1) is 11.3 Å². The number of hydrogen-bond donors (Lipinski definition) is 0. The molecule has 0 amide bonds. The molecule has 17 heavy (non-hydrogen) atoms. The molecule has 0 unspecified atom stereocenters. The minimum Gasteiger partial charge on any atom is -0.365 e. The molecule has 1 aromatic heterocycles. The quantitative estimate of drug-likeness (QED) is 0.791. The van der Waals surface area contributed by atoms with E-state index in [9.17, 15) is 4.39 Å². The predicted octanol–water partition coefficient (Wildman–Crippen LogP) is 4.13. The van der Waals surface area contributed by atoms with Crippen LogP contribution in [0, 0.1) is 12.7 Å². The van der Waals surface area contributed by atoms with Gasteiger partial charge in [0, 0.05) is 5.56 Å². The normalized spacial score (nSPS) is 10.8. The number of aryl methyl sites for hydroxylation is 1. The number of halogens is 2. The molecule has 0 aliphatic heterocycles. The molecule has 0 spiro atoms. The second-order valence-corrected chi connectivity index (χ2v) is 5.03. The Hall–Kier alpha value is -0.780. The SMILES string of the molecule is Cc1nc(-c2ccc(F)cc2)sc1COCBr. The molecule has 0 aliphatic carbocycles. The summed E-state index contributed by atoms with van der Waals surface area (Å²) in [7, 11) is 0. The summed E-state index contributed by atoms with van der Waals surface area (Å²) in [6, 6.07) is 6.37. The zero-order valence-electron chi connectivity index (χ0n) is 9.24. The van der Waals surface area contributed by atoms with E-state index in [2.05, 4.69) is 20.9 Å². The third kappa shape index (κ3) is 3.12. The van der Waals surface area contributed by atoms with Gasteiger partial charge in [0.25, 0.3) is 0 Å². The van der Waals surface area contributed by atoms with Crippen LogP contribution in [-0.2, 0) is 11.3 Å². The molecule has 0 N–H and O–H groups in total. The molecule has 5 heteroatoms. The Labute approximate surface area is 112 Å². The summed E-state index contributed by atoms with van der Waals surface area (Å²) in [6.07, 6.45) is 0. The number of nitrogens with zero attached hydrogens (tertiary/aromatic N) is 1. The lowest BCUT2D eigenvalue weighted by Crippen LogP contribution is -1.88. The first kappa shape index (κ1) is 12.7. The van der Waals surface area contributed by atoms with E-state index in [1.807, 2.05) is 6.92 Å². The molecule has 0 saturated heterocycles. The molecule has 2 aromatic rings. The summed E-state index contributed by atoms with van der Waals surface area (Å²) in [6.45, 7) is 2.51. The fraction of sp³-hybridized carbons (Fsp3) is 0.250. The predicted molar refractivity (Wildman–Crippen MR) is 70.8 cm³/mol. The fourth-order valence-corrected chi connectivity index (χ4v) is 2.58. The maximum Gasteiger partial charge on any atom is 0.123 e. The largest absolute Gasteiger partial charge is 0.365 e. The van der Waals surface area contributed by atoms with Crippen LogP contribution < -0.4 is 0 Å². The second-order valence-electron chi connectivity index (χ2n) is 3.49. The van der Waals surface area contributed by atoms with Crippen molar-refractivity contribution in [1.82, 2.24) is 4.98 Å². The van der Waals surface area contributed by atoms with Crippen LogP contribution >= 0.6 is 27.3 Å². The van der Waals surface area contributed by atoms with Crippen molar-refractivity contribution >= 4 is 27.3 Å². The van der Waals surface area contributed by atoms with Crippen LogP contribution in [0.25, 0.3) is 10.6 Å². The number of thiazole rings is 1. The number of rotatable bonds is 4. The van der Waals surface area contributed by atoms with Gasteiger partial charge in [-0.25, -0.2) is 9.37 Å².